The van der Waals surface area contributed by atoms with Crippen molar-refractivity contribution in [2.45, 2.75) is 45.0 Å². The van der Waals surface area contributed by atoms with E-state index in [0.29, 0.717) is 25.2 Å². The predicted molar refractivity (Wildman–Crippen MR) is 81.4 cm³/mol. The van der Waals surface area contributed by atoms with Crippen LogP contribution in [-0.4, -0.2) is 30.8 Å². The molecule has 1 aliphatic rings. The molecule has 1 aromatic rings. The number of amides is 1. The van der Waals surface area contributed by atoms with E-state index < -0.39 is 17.8 Å². The molecule has 0 aliphatic carbocycles. The van der Waals surface area contributed by atoms with Crippen LogP contribution in [0.1, 0.15) is 32.8 Å². The minimum Gasteiger partial charge on any atom is -0.444 e. The zero-order valence-electron chi connectivity index (χ0n) is 13.4. The lowest BCUT2D eigenvalue weighted by molar-refractivity contribution is -0.137. The molecule has 1 aliphatic heterocycles. The van der Waals surface area contributed by atoms with Crippen LogP contribution in [0.4, 0.5) is 23.7 Å². The molecule has 128 valence electrons. The van der Waals surface area contributed by atoms with E-state index in [1.807, 2.05) is 25.7 Å². The van der Waals surface area contributed by atoms with Crippen LogP contribution >= 0.6 is 0 Å². The molecule has 2 rings (SSSR count). The van der Waals surface area contributed by atoms with Crippen LogP contribution in [0, 0.1) is 0 Å². The molecular formula is C16H21F3N2O2. The quantitative estimate of drug-likeness (QED) is 0.896. The summed E-state index contributed by atoms with van der Waals surface area (Å²) in [6.45, 7) is 6.69. The molecule has 0 saturated carbocycles. The Hall–Kier alpha value is -1.92. The molecular weight excluding hydrogens is 309 g/mol. The van der Waals surface area contributed by atoms with Crippen LogP contribution < -0.4 is 10.2 Å². The Morgan fingerprint density at radius 3 is 2.35 bits per heavy atom. The van der Waals surface area contributed by atoms with Gasteiger partial charge in [0, 0.05) is 24.2 Å². The van der Waals surface area contributed by atoms with Gasteiger partial charge in [0.1, 0.15) is 6.10 Å². The topological polar surface area (TPSA) is 41.6 Å². The number of nitrogens with zero attached hydrogens (tertiary/aromatic N) is 1. The van der Waals surface area contributed by atoms with Crippen LogP contribution in [0.5, 0.6) is 0 Å². The predicted octanol–water partition coefficient (Wildman–Crippen LogP) is 3.81. The second kappa shape index (κ2) is 6.29. The number of hydrogen-bond donors (Lipinski definition) is 1. The maximum absolute atomic E-state index is 12.6. The maximum Gasteiger partial charge on any atom is 0.416 e. The molecule has 1 heterocycles. The fourth-order valence-electron chi connectivity index (χ4n) is 2.41. The highest BCUT2D eigenvalue weighted by Gasteiger charge is 2.31. The molecule has 0 unspecified atom stereocenters. The van der Waals surface area contributed by atoms with E-state index in [0.717, 1.165) is 12.1 Å². The van der Waals surface area contributed by atoms with E-state index in [1.165, 1.54) is 12.1 Å². The monoisotopic (exact) mass is 330 g/mol. The van der Waals surface area contributed by atoms with E-state index in [9.17, 15) is 18.0 Å². The summed E-state index contributed by atoms with van der Waals surface area (Å²) in [4.78, 5) is 13.6. The van der Waals surface area contributed by atoms with Gasteiger partial charge in [0.05, 0.1) is 12.1 Å². The molecule has 1 N–H and O–H groups in total. The van der Waals surface area contributed by atoms with Crippen molar-refractivity contribution in [3.63, 3.8) is 0 Å². The highest BCUT2D eigenvalue weighted by molar-refractivity contribution is 5.68. The van der Waals surface area contributed by atoms with Gasteiger partial charge >= 0.3 is 12.3 Å². The zero-order chi connectivity index (χ0) is 17.3. The van der Waals surface area contributed by atoms with Crippen molar-refractivity contribution in [3.05, 3.63) is 29.8 Å². The first-order valence-corrected chi connectivity index (χ1v) is 7.45. The minimum atomic E-state index is -4.33. The average molecular weight is 330 g/mol. The Kier molecular flexibility index (Phi) is 4.77. The van der Waals surface area contributed by atoms with Crippen molar-refractivity contribution in [2.24, 2.45) is 0 Å². The summed E-state index contributed by atoms with van der Waals surface area (Å²) in [6, 6.07) is 5.02. The van der Waals surface area contributed by atoms with Crippen molar-refractivity contribution in [1.29, 1.82) is 0 Å². The molecule has 23 heavy (non-hydrogen) atoms. The Bertz CT molecular complexity index is 550. The maximum atomic E-state index is 12.6. The third kappa shape index (κ3) is 5.04. The lowest BCUT2D eigenvalue weighted by Gasteiger charge is -2.22. The summed E-state index contributed by atoms with van der Waals surface area (Å²) in [5.41, 5.74) is -0.346. The summed E-state index contributed by atoms with van der Waals surface area (Å²) in [6.07, 6.45) is -4.42. The number of rotatable bonds is 2. The Balaban J connectivity index is 1.91. The molecule has 0 spiro atoms. The van der Waals surface area contributed by atoms with Crippen molar-refractivity contribution >= 4 is 11.8 Å². The average Bonchev–Trinajstić information content (AvgIpc) is 2.84. The van der Waals surface area contributed by atoms with E-state index >= 15 is 0 Å². The first-order chi connectivity index (χ1) is 10.5. The van der Waals surface area contributed by atoms with Crippen LogP contribution in [0.2, 0.25) is 0 Å². The van der Waals surface area contributed by atoms with Gasteiger partial charge in [-0.3, -0.25) is 0 Å². The molecule has 0 bridgehead atoms. The number of anilines is 1. The van der Waals surface area contributed by atoms with Gasteiger partial charge < -0.3 is 15.0 Å². The normalized spacial score (nSPS) is 18.9. The van der Waals surface area contributed by atoms with Gasteiger partial charge in [-0.2, -0.15) is 13.2 Å². The number of hydrogen-bond acceptors (Lipinski definition) is 3. The van der Waals surface area contributed by atoms with Gasteiger partial charge in [0.15, 0.2) is 0 Å². The van der Waals surface area contributed by atoms with Crippen LogP contribution in [0.3, 0.4) is 0 Å². The third-order valence-corrected chi connectivity index (χ3v) is 3.46. The molecule has 1 aromatic carbocycles. The Morgan fingerprint density at radius 1 is 1.22 bits per heavy atom. The molecule has 0 radical (unpaired) electrons. The van der Waals surface area contributed by atoms with E-state index in [1.54, 1.807) is 0 Å². The second-order valence-electron chi connectivity index (χ2n) is 6.68. The number of carbonyl (C=O) groups is 1. The summed E-state index contributed by atoms with van der Waals surface area (Å²) in [5.74, 6) is 0. The number of nitrogens with one attached hydrogen (secondary N) is 1. The molecule has 1 amide bonds. The molecule has 4 nitrogen and oxygen atoms in total. The molecule has 7 heteroatoms. The summed E-state index contributed by atoms with van der Waals surface area (Å²) >= 11 is 0. The lowest BCUT2D eigenvalue weighted by Crippen LogP contribution is -2.42. The Morgan fingerprint density at radius 2 is 1.83 bits per heavy atom. The van der Waals surface area contributed by atoms with Crippen LogP contribution in [0.25, 0.3) is 0 Å². The molecule has 1 fully saturated rings. The van der Waals surface area contributed by atoms with Crippen LogP contribution in [0.15, 0.2) is 24.3 Å². The number of alkyl carbamates (subject to hydrolysis) is 1. The van der Waals surface area contributed by atoms with Gasteiger partial charge in [0.25, 0.3) is 0 Å². The fourth-order valence-corrected chi connectivity index (χ4v) is 2.41. The smallest absolute Gasteiger partial charge is 0.416 e. The van der Waals surface area contributed by atoms with Gasteiger partial charge in [-0.05, 0) is 45.0 Å². The number of halogens is 3. The Labute approximate surface area is 133 Å². The van der Waals surface area contributed by atoms with E-state index in [-0.39, 0.29) is 11.6 Å². The highest BCUT2D eigenvalue weighted by Crippen LogP contribution is 2.31. The highest BCUT2D eigenvalue weighted by atomic mass is 19.4. The minimum absolute atomic E-state index is 0.264. The summed E-state index contributed by atoms with van der Waals surface area (Å²) in [7, 11) is 0. The van der Waals surface area contributed by atoms with Crippen molar-refractivity contribution < 1.29 is 22.7 Å². The summed E-state index contributed by atoms with van der Waals surface area (Å²) in [5, 5.41) is 2.72. The first-order valence-electron chi connectivity index (χ1n) is 7.45. The number of ether oxygens (including phenoxy) is 1. The molecule has 1 atom stereocenters. The van der Waals surface area contributed by atoms with Crippen molar-refractivity contribution in [3.8, 4) is 0 Å². The van der Waals surface area contributed by atoms with E-state index in [2.05, 4.69) is 5.32 Å². The number of alkyl halides is 3. The standard InChI is InChI=1S/C16H21F3N2O2/c1-15(2,3)20-14(22)23-13-8-9-21(10-13)12-6-4-11(5-7-12)16(17,18)19/h4-7,13H,8-10H2,1-3H3,(H,20,22)/t13-/m1/s1. The van der Waals surface area contributed by atoms with Gasteiger partial charge in [-0.15, -0.1) is 0 Å². The number of carbonyl (C=O) groups excluding carboxylic acids is 1. The molecule has 1 saturated heterocycles. The second-order valence-corrected chi connectivity index (χ2v) is 6.68. The number of benzene rings is 1. The lowest BCUT2D eigenvalue weighted by atomic mass is 10.1. The fraction of sp³-hybridized carbons (Fsp3) is 0.562. The summed E-state index contributed by atoms with van der Waals surface area (Å²) < 4.78 is 43.0. The zero-order valence-corrected chi connectivity index (χ0v) is 13.4. The van der Waals surface area contributed by atoms with Crippen LogP contribution in [-0.2, 0) is 10.9 Å². The van der Waals surface area contributed by atoms with Crippen molar-refractivity contribution in [1.82, 2.24) is 5.32 Å². The van der Waals surface area contributed by atoms with Gasteiger partial charge in [0.2, 0.25) is 0 Å². The van der Waals surface area contributed by atoms with E-state index in [4.69, 9.17) is 4.74 Å². The third-order valence-electron chi connectivity index (χ3n) is 3.46. The largest absolute Gasteiger partial charge is 0.444 e. The van der Waals surface area contributed by atoms with Gasteiger partial charge in [-0.25, -0.2) is 4.79 Å². The molecule has 0 aromatic heterocycles. The SMILES string of the molecule is CC(C)(C)NC(=O)O[C@@H]1CCN(c2ccc(C(F)(F)F)cc2)C1. The van der Waals surface area contributed by atoms with Gasteiger partial charge in [-0.1, -0.05) is 0 Å². The first kappa shape index (κ1) is 17.4. The van der Waals surface area contributed by atoms with Crippen molar-refractivity contribution in [2.75, 3.05) is 18.0 Å².